The fraction of sp³-hybridized carbons (Fsp3) is 0.643. The minimum atomic E-state index is -0.924. The molecule has 0 aromatic carbocycles. The number of carboxylic acid groups (broad SMARTS) is 1. The van der Waals surface area contributed by atoms with Gasteiger partial charge in [-0.2, -0.15) is 0 Å². The van der Waals surface area contributed by atoms with Crippen molar-refractivity contribution in [2.75, 3.05) is 6.54 Å². The molecule has 1 aromatic heterocycles. The normalized spacial score (nSPS) is 33.2. The number of likely N-dealkylation sites (tertiary alicyclic amines) is 1. The van der Waals surface area contributed by atoms with E-state index in [2.05, 4.69) is 0 Å². The van der Waals surface area contributed by atoms with Crippen molar-refractivity contribution in [1.29, 1.82) is 0 Å². The second-order valence-corrected chi connectivity index (χ2v) is 7.58. The Kier molecular flexibility index (Phi) is 3.45. The highest BCUT2D eigenvalue weighted by Gasteiger charge is 2.46. The fourth-order valence-corrected chi connectivity index (χ4v) is 5.28. The van der Waals surface area contributed by atoms with Gasteiger partial charge in [0, 0.05) is 28.4 Å². The topological polar surface area (TPSA) is 40.5 Å². The number of amides is 1. The number of hydrogen-bond donors (Lipinski definition) is 1. The minimum Gasteiger partial charge on any atom is -0.465 e. The highest BCUT2D eigenvalue weighted by atomic mass is 35.5. The summed E-state index contributed by atoms with van der Waals surface area (Å²) in [5.41, 5.74) is 0.656. The molecule has 2 unspecified atom stereocenters. The Labute approximate surface area is 126 Å². The molecule has 110 valence electrons. The minimum absolute atomic E-state index is 0.0360. The molecule has 1 spiro atoms. The molecular formula is C14H17ClFNO2S. The summed E-state index contributed by atoms with van der Waals surface area (Å²) in [7, 11) is 0. The van der Waals surface area contributed by atoms with Crippen molar-refractivity contribution in [3.63, 3.8) is 0 Å². The maximum Gasteiger partial charge on any atom is 0.407 e. The first-order valence-electron chi connectivity index (χ1n) is 6.86. The average Bonchev–Trinajstić information content (AvgIpc) is 2.78. The lowest BCUT2D eigenvalue weighted by atomic mass is 9.67. The van der Waals surface area contributed by atoms with E-state index in [1.54, 1.807) is 6.07 Å². The summed E-state index contributed by atoms with van der Waals surface area (Å²) in [5.74, 6) is 0. The van der Waals surface area contributed by atoms with Gasteiger partial charge < -0.3 is 10.0 Å². The molecule has 0 saturated carbocycles. The smallest absolute Gasteiger partial charge is 0.407 e. The quantitative estimate of drug-likeness (QED) is 0.759. The maximum atomic E-state index is 14.1. The summed E-state index contributed by atoms with van der Waals surface area (Å²) in [4.78, 5) is 13.7. The zero-order chi connectivity index (χ0) is 14.5. The van der Waals surface area contributed by atoms with E-state index >= 15 is 0 Å². The number of alkyl halides is 1. The largest absolute Gasteiger partial charge is 0.465 e. The molecule has 0 bridgehead atoms. The highest BCUT2D eigenvalue weighted by molar-refractivity contribution is 7.16. The molecule has 1 saturated heterocycles. The van der Waals surface area contributed by atoms with Gasteiger partial charge in [0.15, 0.2) is 0 Å². The van der Waals surface area contributed by atoms with Gasteiger partial charge in [-0.25, -0.2) is 9.18 Å². The maximum absolute atomic E-state index is 14.1. The molecule has 6 heteroatoms. The lowest BCUT2D eigenvalue weighted by molar-refractivity contribution is 0.0753. The molecule has 3 nitrogen and oxygen atoms in total. The molecule has 1 fully saturated rings. The first-order valence-corrected chi connectivity index (χ1v) is 8.06. The van der Waals surface area contributed by atoms with Crippen LogP contribution in [0, 0.1) is 0 Å². The molecule has 1 amide bonds. The second-order valence-electron chi connectivity index (χ2n) is 5.90. The van der Waals surface area contributed by atoms with Crippen molar-refractivity contribution in [1.82, 2.24) is 4.90 Å². The van der Waals surface area contributed by atoms with Crippen LogP contribution in [0.1, 0.15) is 49.2 Å². The second kappa shape index (κ2) is 4.88. The van der Waals surface area contributed by atoms with Gasteiger partial charge in [-0.05, 0) is 38.7 Å². The van der Waals surface area contributed by atoms with Gasteiger partial charge >= 0.3 is 6.09 Å². The predicted molar refractivity (Wildman–Crippen MR) is 77.5 cm³/mol. The molecule has 2 aliphatic rings. The monoisotopic (exact) mass is 317 g/mol. The SMILES string of the molecule is C[C@@H]1CC2(CCC(F)c3cc(Cl)sc32)CCN1C(=O)O. The van der Waals surface area contributed by atoms with Gasteiger partial charge in [0.1, 0.15) is 6.17 Å². The summed E-state index contributed by atoms with van der Waals surface area (Å²) in [6.45, 7) is 2.45. The first kappa shape index (κ1) is 14.1. The van der Waals surface area contributed by atoms with E-state index in [1.165, 1.54) is 16.2 Å². The molecule has 2 heterocycles. The Morgan fingerprint density at radius 3 is 3.00 bits per heavy atom. The Morgan fingerprint density at radius 1 is 1.60 bits per heavy atom. The first-order chi connectivity index (χ1) is 9.43. The third kappa shape index (κ3) is 2.11. The van der Waals surface area contributed by atoms with E-state index in [9.17, 15) is 14.3 Å². The molecule has 1 aliphatic carbocycles. The summed E-state index contributed by atoms with van der Waals surface area (Å²) in [5, 5.41) is 9.18. The van der Waals surface area contributed by atoms with Crippen molar-refractivity contribution in [3.05, 3.63) is 20.8 Å². The zero-order valence-corrected chi connectivity index (χ0v) is 12.8. The van der Waals surface area contributed by atoms with Crippen LogP contribution in [-0.2, 0) is 5.41 Å². The van der Waals surface area contributed by atoms with Crippen molar-refractivity contribution in [2.45, 2.75) is 50.2 Å². The van der Waals surface area contributed by atoms with Crippen LogP contribution in [-0.4, -0.2) is 28.7 Å². The zero-order valence-electron chi connectivity index (χ0n) is 11.2. The summed E-state index contributed by atoms with van der Waals surface area (Å²) in [6, 6.07) is 1.72. The summed E-state index contributed by atoms with van der Waals surface area (Å²) in [6.07, 6.45) is 1.04. The molecule has 3 rings (SSSR count). The molecule has 20 heavy (non-hydrogen) atoms. The summed E-state index contributed by atoms with van der Waals surface area (Å²) >= 11 is 7.55. The Hall–Kier alpha value is -0.810. The van der Waals surface area contributed by atoms with E-state index in [1.807, 2.05) is 6.92 Å². The van der Waals surface area contributed by atoms with Crippen LogP contribution in [0.15, 0.2) is 6.07 Å². The van der Waals surface area contributed by atoms with Crippen LogP contribution in [0.25, 0.3) is 0 Å². The molecule has 1 aliphatic heterocycles. The van der Waals surface area contributed by atoms with Crippen LogP contribution < -0.4 is 0 Å². The highest BCUT2D eigenvalue weighted by Crippen LogP contribution is 2.53. The van der Waals surface area contributed by atoms with E-state index < -0.39 is 12.3 Å². The Bertz CT molecular complexity index is 549. The Morgan fingerprint density at radius 2 is 2.35 bits per heavy atom. The van der Waals surface area contributed by atoms with E-state index in [4.69, 9.17) is 11.6 Å². The molecular weight excluding hydrogens is 301 g/mol. The van der Waals surface area contributed by atoms with Crippen LogP contribution in [0.2, 0.25) is 4.34 Å². The Balaban J connectivity index is 1.95. The lowest BCUT2D eigenvalue weighted by Gasteiger charge is -2.47. The number of thiophene rings is 1. The van der Waals surface area contributed by atoms with Crippen LogP contribution >= 0.6 is 22.9 Å². The fourth-order valence-electron chi connectivity index (χ4n) is 3.74. The number of nitrogens with zero attached hydrogens (tertiary/aromatic N) is 1. The van der Waals surface area contributed by atoms with Crippen LogP contribution in [0.5, 0.6) is 0 Å². The predicted octanol–water partition coefficient (Wildman–Crippen LogP) is 4.61. The summed E-state index contributed by atoms with van der Waals surface area (Å²) < 4.78 is 14.7. The number of halogens is 2. The van der Waals surface area contributed by atoms with Gasteiger partial charge in [0.05, 0.1) is 4.34 Å². The lowest BCUT2D eigenvalue weighted by Crippen LogP contribution is -2.50. The molecule has 1 N–H and O–H groups in total. The van der Waals surface area contributed by atoms with Gasteiger partial charge in [0.2, 0.25) is 0 Å². The number of carbonyl (C=O) groups is 1. The number of piperidine rings is 1. The molecule has 3 atom stereocenters. The average molecular weight is 318 g/mol. The van der Waals surface area contributed by atoms with Gasteiger partial charge in [-0.15, -0.1) is 11.3 Å². The molecule has 0 radical (unpaired) electrons. The van der Waals surface area contributed by atoms with Gasteiger partial charge in [0.25, 0.3) is 0 Å². The third-order valence-electron chi connectivity index (χ3n) is 4.72. The third-order valence-corrected chi connectivity index (χ3v) is 6.25. The van der Waals surface area contributed by atoms with Crippen LogP contribution in [0.4, 0.5) is 9.18 Å². The standard InChI is InChI=1S/C14H17ClFNO2S/c1-8-7-14(4-5-17(8)13(18)19)3-2-10(16)9-6-11(15)20-12(9)14/h6,8,10H,2-5,7H2,1H3,(H,18,19)/t8-,10?,14?/m1/s1. The number of rotatable bonds is 0. The van der Waals surface area contributed by atoms with Gasteiger partial charge in [-0.1, -0.05) is 11.6 Å². The van der Waals surface area contributed by atoms with Crippen LogP contribution in [0.3, 0.4) is 0 Å². The molecule has 1 aromatic rings. The van der Waals surface area contributed by atoms with Crippen molar-refractivity contribution < 1.29 is 14.3 Å². The van der Waals surface area contributed by atoms with E-state index in [0.29, 0.717) is 17.3 Å². The van der Waals surface area contributed by atoms with Crippen molar-refractivity contribution in [3.8, 4) is 0 Å². The van der Waals surface area contributed by atoms with E-state index in [0.717, 1.165) is 29.7 Å². The van der Waals surface area contributed by atoms with Crippen molar-refractivity contribution in [2.24, 2.45) is 0 Å². The van der Waals surface area contributed by atoms with Crippen molar-refractivity contribution >= 4 is 29.0 Å². The number of hydrogen-bond acceptors (Lipinski definition) is 2. The van der Waals surface area contributed by atoms with Gasteiger partial charge in [-0.3, -0.25) is 0 Å². The number of fused-ring (bicyclic) bond motifs is 2. The van der Waals surface area contributed by atoms with E-state index in [-0.39, 0.29) is 11.5 Å².